The van der Waals surface area contributed by atoms with Gasteiger partial charge in [0, 0.05) is 48.8 Å². The van der Waals surface area contributed by atoms with E-state index in [9.17, 15) is 5.11 Å². The average molecular weight is 1440 g/mol. The molecule has 0 spiro atoms. The first-order valence-electron chi connectivity index (χ1n) is 34.4. The second kappa shape index (κ2) is 22.4. The number of aromatic nitrogens is 4. The van der Waals surface area contributed by atoms with Gasteiger partial charge < -0.3 is 14.1 Å². The Labute approximate surface area is 578 Å². The molecule has 1 N–H and O–H groups in total. The summed E-state index contributed by atoms with van der Waals surface area (Å²) in [6.07, 6.45) is 4.52. The number of rotatable bonds is 7. The van der Waals surface area contributed by atoms with E-state index in [1.54, 1.807) is 0 Å². The Morgan fingerprint density at radius 3 is 1.47 bits per heavy atom. The second-order valence-electron chi connectivity index (χ2n) is 34.5. The first-order valence-corrected chi connectivity index (χ1v) is 34.4. The van der Waals surface area contributed by atoms with E-state index in [0.717, 1.165) is 126 Å². The van der Waals surface area contributed by atoms with Crippen molar-refractivity contribution in [2.45, 2.75) is 207 Å². The molecule has 2 aliphatic carbocycles. The van der Waals surface area contributed by atoms with Gasteiger partial charge in [-0.1, -0.05) is 241 Å². The van der Waals surface area contributed by atoms with Crippen LogP contribution in [0, 0.1) is 6.07 Å². The molecule has 14 rings (SSSR count). The van der Waals surface area contributed by atoms with Crippen LogP contribution in [0.15, 0.2) is 162 Å². The molecule has 0 saturated heterocycles. The molecule has 95 heavy (non-hydrogen) atoms. The summed E-state index contributed by atoms with van der Waals surface area (Å²) in [5.41, 5.74) is 24.3. The molecule has 0 amide bonds. The summed E-state index contributed by atoms with van der Waals surface area (Å²) in [6, 6.07) is 62.9. The van der Waals surface area contributed by atoms with Crippen molar-refractivity contribution in [2.75, 3.05) is 0 Å². The van der Waals surface area contributed by atoms with Crippen LogP contribution in [-0.4, -0.2) is 24.2 Å². The molecule has 0 fully saturated rings. The van der Waals surface area contributed by atoms with Gasteiger partial charge in [-0.25, -0.2) is 4.98 Å². The molecular weight excluding hydrogens is 1340 g/mol. The van der Waals surface area contributed by atoms with Crippen LogP contribution < -0.4 is 0 Å². The predicted octanol–water partition coefficient (Wildman–Crippen LogP) is 24.0. The van der Waals surface area contributed by atoms with E-state index in [0.29, 0.717) is 17.0 Å². The Bertz CT molecular complexity index is 5080. The van der Waals surface area contributed by atoms with Gasteiger partial charge in [0.05, 0.1) is 44.7 Å². The smallest absolute Gasteiger partial charge is 0.148 e. The zero-order valence-corrected chi connectivity index (χ0v) is 62.1. The normalized spacial score (nSPS) is 16.1. The van der Waals surface area contributed by atoms with Gasteiger partial charge in [-0.05, 0) is 185 Å². The van der Waals surface area contributed by atoms with Gasteiger partial charge in [0.15, 0.2) is 0 Å². The summed E-state index contributed by atoms with van der Waals surface area (Å²) in [5, 5.41) is 15.1. The maximum absolute atomic E-state index is 13.1. The predicted molar refractivity (Wildman–Crippen MR) is 396 cm³/mol. The zero-order valence-electron chi connectivity index (χ0n) is 59.8. The fraction of sp³-hybridized carbons (Fsp3) is 0.364. The van der Waals surface area contributed by atoms with Gasteiger partial charge in [0.1, 0.15) is 17.2 Å². The number of hydrogen-bond donors (Lipinski definition) is 1. The van der Waals surface area contributed by atoms with E-state index in [1.807, 2.05) is 6.07 Å². The van der Waals surface area contributed by atoms with E-state index in [-0.39, 0.29) is 70.1 Å². The molecule has 0 bridgehead atoms. The quantitative estimate of drug-likeness (QED) is 0.161. The van der Waals surface area contributed by atoms with Crippen molar-refractivity contribution >= 4 is 44.0 Å². The van der Waals surface area contributed by atoms with Crippen LogP contribution in [0.3, 0.4) is 0 Å². The number of aromatic hydroxyl groups is 1. The minimum Gasteiger partial charge on any atom is -0.507 e. The second-order valence-corrected chi connectivity index (χ2v) is 34.5. The molecule has 9 aromatic carbocycles. The van der Waals surface area contributed by atoms with Crippen molar-refractivity contribution in [3.05, 3.63) is 208 Å². The van der Waals surface area contributed by atoms with E-state index in [4.69, 9.17) is 14.4 Å². The standard InChI is InChI=1S/C88H95N4O2.Pt/c1-81(2,3)55-34-38-71(60(48-55)52-32-36-65-67(46-52)87(17,18)42-40-85(65,13)14)91-73-29-23-22-28-70(73)89-80(91)64-45-54(44-62-59-26-21-24-31-75(59)94-78(62)64)58-27-25-30-74-76(58)90-79(63-50-57(83(7,8)9)51-69(77(63)93)84(10,11)12)92(74)72-39-35-56(82(4,5)6)49-61(72)53-33-37-66-68(47-53)88(19,20)43-41-86(66,15)16;/h21-39,44,46-51,93H,40-43H2,1-20H3;/q-1;. The molecule has 490 valence electrons. The van der Waals surface area contributed by atoms with Crippen LogP contribution in [0.1, 0.15) is 209 Å². The number of phenolic OH excluding ortho intramolecular Hbond substituents is 1. The minimum absolute atomic E-state index is 0. The van der Waals surface area contributed by atoms with Crippen molar-refractivity contribution in [3.8, 4) is 73.3 Å². The van der Waals surface area contributed by atoms with Crippen molar-refractivity contribution < 1.29 is 30.6 Å². The van der Waals surface area contributed by atoms with Gasteiger partial charge in [0.25, 0.3) is 0 Å². The van der Waals surface area contributed by atoms with Crippen molar-refractivity contribution in [3.63, 3.8) is 0 Å². The number of nitrogens with zero attached hydrogens (tertiary/aromatic N) is 4. The van der Waals surface area contributed by atoms with Crippen LogP contribution in [-0.2, 0) is 64.4 Å². The maximum atomic E-state index is 13.1. The molecule has 0 radical (unpaired) electrons. The van der Waals surface area contributed by atoms with E-state index in [1.165, 1.54) is 38.9 Å². The third-order valence-electron chi connectivity index (χ3n) is 21.7. The maximum Gasteiger partial charge on any atom is 0.148 e. The summed E-state index contributed by atoms with van der Waals surface area (Å²) in [6.45, 7) is 46.5. The van der Waals surface area contributed by atoms with E-state index < -0.39 is 0 Å². The molecular formula is C88H95N4O2Pt-. The third-order valence-corrected chi connectivity index (χ3v) is 21.7. The van der Waals surface area contributed by atoms with Gasteiger partial charge in [-0.15, -0.1) is 17.7 Å². The summed E-state index contributed by atoms with van der Waals surface area (Å²) >= 11 is 0. The Balaban J connectivity index is 0.00000818. The summed E-state index contributed by atoms with van der Waals surface area (Å²) in [5.74, 6) is 1.63. The fourth-order valence-corrected chi connectivity index (χ4v) is 15.4. The Hall–Kier alpha value is -7.79. The molecule has 0 atom stereocenters. The van der Waals surface area contributed by atoms with Crippen molar-refractivity contribution in [1.82, 2.24) is 19.1 Å². The largest absolute Gasteiger partial charge is 0.507 e. The number of hydrogen-bond acceptors (Lipinski definition) is 4. The fourth-order valence-electron chi connectivity index (χ4n) is 15.4. The number of imidazole rings is 2. The molecule has 0 saturated carbocycles. The van der Waals surface area contributed by atoms with Gasteiger partial charge in [-0.2, -0.15) is 0 Å². The zero-order chi connectivity index (χ0) is 66.9. The van der Waals surface area contributed by atoms with Crippen LogP contribution in [0.5, 0.6) is 5.75 Å². The molecule has 0 unspecified atom stereocenters. The van der Waals surface area contributed by atoms with E-state index in [2.05, 4.69) is 305 Å². The molecule has 2 aliphatic rings. The Morgan fingerprint density at radius 1 is 0.432 bits per heavy atom. The van der Waals surface area contributed by atoms with E-state index >= 15 is 0 Å². The summed E-state index contributed by atoms with van der Waals surface area (Å²) in [7, 11) is 0. The Kier molecular flexibility index (Phi) is 15.5. The number of para-hydroxylation sites is 4. The van der Waals surface area contributed by atoms with Crippen LogP contribution in [0.2, 0.25) is 0 Å². The van der Waals surface area contributed by atoms with Crippen LogP contribution in [0.25, 0.3) is 112 Å². The third kappa shape index (κ3) is 11.1. The Morgan fingerprint density at radius 2 is 0.926 bits per heavy atom. The molecule has 12 aromatic rings. The summed E-state index contributed by atoms with van der Waals surface area (Å²) < 4.78 is 11.8. The molecule has 3 aromatic heterocycles. The van der Waals surface area contributed by atoms with Crippen molar-refractivity contribution in [2.24, 2.45) is 0 Å². The monoisotopic (exact) mass is 1430 g/mol. The number of phenols is 1. The molecule has 0 aliphatic heterocycles. The molecule has 3 heterocycles. The number of fused-ring (bicyclic) bond motifs is 7. The average Bonchev–Trinajstić information content (AvgIpc) is 1.67. The minimum atomic E-state index is -0.389. The van der Waals surface area contributed by atoms with Crippen molar-refractivity contribution in [1.29, 1.82) is 0 Å². The first kappa shape index (κ1) is 65.9. The topological polar surface area (TPSA) is 69.0 Å². The summed E-state index contributed by atoms with van der Waals surface area (Å²) in [4.78, 5) is 11.6. The van der Waals surface area contributed by atoms with Gasteiger partial charge >= 0.3 is 0 Å². The number of benzene rings is 9. The number of furan rings is 1. The van der Waals surface area contributed by atoms with Crippen LogP contribution >= 0.6 is 0 Å². The molecule has 6 nitrogen and oxygen atoms in total. The SMILES string of the molecule is CC(C)(C)c1ccc(-n2c(-c3[c-]c(-c4cccc5c4nc(-c4cc(C(C)(C)C)cc(C(C)(C)C)c4O)n5-c4ccc(C(C)(C)C)cc4-c4ccc5c(c4)C(C)(C)CCC5(C)C)cc4c3oc3ccccc34)nc3ccccc32)c(-c2ccc3c(c2)C(C)(C)CCC3(C)C)c1.[Pt]. The van der Waals surface area contributed by atoms with Gasteiger partial charge in [-0.3, -0.25) is 9.55 Å². The van der Waals surface area contributed by atoms with Crippen LogP contribution in [0.4, 0.5) is 0 Å². The van der Waals surface area contributed by atoms with Gasteiger partial charge in [0.2, 0.25) is 0 Å². The first-order chi connectivity index (χ1) is 44.0. The molecule has 7 heteroatoms.